The van der Waals surface area contributed by atoms with Crippen LogP contribution in [0.15, 0.2) is 24.3 Å². The number of benzene rings is 1. The minimum atomic E-state index is -0.395. The molecule has 0 spiro atoms. The van der Waals surface area contributed by atoms with E-state index in [1.54, 1.807) is 24.3 Å². The Morgan fingerprint density at radius 3 is 2.92 bits per heavy atom. The van der Waals surface area contributed by atoms with Crippen LogP contribution in [0.25, 0.3) is 0 Å². The molecule has 0 unspecified atom stereocenters. The molecule has 0 saturated carbocycles. The summed E-state index contributed by atoms with van der Waals surface area (Å²) in [7, 11) is 0. The molecule has 1 aliphatic rings. The molecule has 0 bridgehead atoms. The molecule has 126 valence electrons. The standard InChI is InChI=1S/C16H19N5O3/c1-3-13-10(2)14(20-19-13)18-15(22)17-11-5-4-6-12(9-11)21-7-8-24-16(21)23/h4-6,9H,3,7-8H2,1-2H3,(H3,17,18,19,20,22). The highest BCUT2D eigenvalue weighted by atomic mass is 16.6. The Morgan fingerprint density at radius 1 is 1.42 bits per heavy atom. The first-order chi connectivity index (χ1) is 11.6. The van der Waals surface area contributed by atoms with Gasteiger partial charge in [-0.25, -0.2) is 9.59 Å². The van der Waals surface area contributed by atoms with E-state index in [0.29, 0.717) is 30.3 Å². The molecule has 1 saturated heterocycles. The number of rotatable bonds is 4. The van der Waals surface area contributed by atoms with E-state index in [0.717, 1.165) is 17.7 Å². The summed E-state index contributed by atoms with van der Waals surface area (Å²) < 4.78 is 4.92. The lowest BCUT2D eigenvalue weighted by Crippen LogP contribution is -2.24. The molecule has 1 aromatic heterocycles. The number of ether oxygens (including phenoxy) is 1. The van der Waals surface area contributed by atoms with Crippen LogP contribution in [-0.2, 0) is 11.2 Å². The summed E-state index contributed by atoms with van der Waals surface area (Å²) in [5.74, 6) is 0.503. The number of H-pyrrole nitrogens is 1. The van der Waals surface area contributed by atoms with Crippen molar-refractivity contribution in [1.82, 2.24) is 10.2 Å². The van der Waals surface area contributed by atoms with E-state index >= 15 is 0 Å². The van der Waals surface area contributed by atoms with E-state index in [9.17, 15) is 9.59 Å². The summed E-state index contributed by atoms with van der Waals surface area (Å²) >= 11 is 0. The predicted octanol–water partition coefficient (Wildman–Crippen LogP) is 2.88. The molecule has 0 aliphatic carbocycles. The minimum Gasteiger partial charge on any atom is -0.447 e. The highest BCUT2D eigenvalue weighted by Gasteiger charge is 2.23. The van der Waals surface area contributed by atoms with Gasteiger partial charge in [-0.2, -0.15) is 5.10 Å². The summed E-state index contributed by atoms with van der Waals surface area (Å²) in [6.07, 6.45) is 0.437. The van der Waals surface area contributed by atoms with Crippen LogP contribution in [0.5, 0.6) is 0 Å². The number of aromatic nitrogens is 2. The lowest BCUT2D eigenvalue weighted by molar-refractivity contribution is 0.181. The average Bonchev–Trinajstić information content (AvgIpc) is 3.14. The fourth-order valence-corrected chi connectivity index (χ4v) is 2.55. The van der Waals surface area contributed by atoms with Crippen molar-refractivity contribution in [3.05, 3.63) is 35.5 Å². The van der Waals surface area contributed by atoms with Crippen molar-refractivity contribution >= 4 is 29.3 Å². The molecule has 8 heteroatoms. The monoisotopic (exact) mass is 329 g/mol. The van der Waals surface area contributed by atoms with Crippen LogP contribution in [0.3, 0.4) is 0 Å². The van der Waals surface area contributed by atoms with Gasteiger partial charge in [-0.3, -0.25) is 15.3 Å². The maximum Gasteiger partial charge on any atom is 0.414 e. The number of amides is 3. The van der Waals surface area contributed by atoms with Crippen molar-refractivity contribution in [2.75, 3.05) is 28.7 Å². The summed E-state index contributed by atoms with van der Waals surface area (Å²) in [5.41, 5.74) is 3.16. The van der Waals surface area contributed by atoms with Gasteiger partial charge in [0.05, 0.1) is 6.54 Å². The van der Waals surface area contributed by atoms with Gasteiger partial charge in [-0.05, 0) is 31.5 Å². The van der Waals surface area contributed by atoms with E-state index in [1.807, 2.05) is 13.8 Å². The molecule has 2 heterocycles. The number of aromatic amines is 1. The number of hydrogen-bond donors (Lipinski definition) is 3. The van der Waals surface area contributed by atoms with Crippen LogP contribution in [0, 0.1) is 6.92 Å². The first-order valence-electron chi connectivity index (χ1n) is 7.74. The topological polar surface area (TPSA) is 99.3 Å². The number of nitrogens with zero attached hydrogens (tertiary/aromatic N) is 2. The molecule has 0 atom stereocenters. The normalized spacial score (nSPS) is 13.8. The molecule has 3 N–H and O–H groups in total. The van der Waals surface area contributed by atoms with E-state index in [-0.39, 0.29) is 6.09 Å². The third kappa shape index (κ3) is 3.17. The minimum absolute atomic E-state index is 0.370. The molecular formula is C16H19N5O3. The number of aryl methyl sites for hydroxylation is 1. The third-order valence-corrected chi connectivity index (χ3v) is 3.87. The first-order valence-corrected chi connectivity index (χ1v) is 7.74. The molecule has 24 heavy (non-hydrogen) atoms. The second kappa shape index (κ2) is 6.61. The average molecular weight is 329 g/mol. The Hall–Kier alpha value is -3.03. The van der Waals surface area contributed by atoms with Gasteiger partial charge >= 0.3 is 12.1 Å². The second-order valence-electron chi connectivity index (χ2n) is 5.42. The third-order valence-electron chi connectivity index (χ3n) is 3.87. The maximum absolute atomic E-state index is 12.1. The number of cyclic esters (lactones) is 1. The van der Waals surface area contributed by atoms with Crippen LogP contribution in [-0.4, -0.2) is 35.5 Å². The molecular weight excluding hydrogens is 310 g/mol. The molecule has 8 nitrogen and oxygen atoms in total. The zero-order valence-corrected chi connectivity index (χ0v) is 13.5. The largest absolute Gasteiger partial charge is 0.447 e. The molecule has 1 aliphatic heterocycles. The van der Waals surface area contributed by atoms with Gasteiger partial charge in [0.25, 0.3) is 0 Å². The van der Waals surface area contributed by atoms with Gasteiger partial charge in [-0.15, -0.1) is 0 Å². The van der Waals surface area contributed by atoms with Crippen LogP contribution in [0.2, 0.25) is 0 Å². The van der Waals surface area contributed by atoms with Gasteiger partial charge in [0.1, 0.15) is 6.61 Å². The zero-order valence-electron chi connectivity index (χ0n) is 13.5. The summed E-state index contributed by atoms with van der Waals surface area (Å²) in [4.78, 5) is 25.3. The quantitative estimate of drug-likeness (QED) is 0.803. The second-order valence-corrected chi connectivity index (χ2v) is 5.42. The zero-order chi connectivity index (χ0) is 17.1. The highest BCUT2D eigenvalue weighted by Crippen LogP contribution is 2.23. The van der Waals surface area contributed by atoms with Crippen molar-refractivity contribution in [2.45, 2.75) is 20.3 Å². The fourth-order valence-electron chi connectivity index (χ4n) is 2.55. The van der Waals surface area contributed by atoms with Crippen molar-refractivity contribution in [3.8, 4) is 0 Å². The Labute approximate surface area is 139 Å². The Kier molecular flexibility index (Phi) is 4.37. The molecule has 3 amide bonds. The molecule has 1 aromatic carbocycles. The van der Waals surface area contributed by atoms with Crippen LogP contribution < -0.4 is 15.5 Å². The smallest absolute Gasteiger partial charge is 0.414 e. The number of hydrogen-bond acceptors (Lipinski definition) is 4. The number of anilines is 3. The Bertz CT molecular complexity index is 771. The van der Waals surface area contributed by atoms with Gasteiger partial charge in [0, 0.05) is 22.6 Å². The Morgan fingerprint density at radius 2 is 2.25 bits per heavy atom. The van der Waals surface area contributed by atoms with E-state index in [2.05, 4.69) is 20.8 Å². The maximum atomic E-state index is 12.1. The van der Waals surface area contributed by atoms with Crippen molar-refractivity contribution < 1.29 is 14.3 Å². The summed E-state index contributed by atoms with van der Waals surface area (Å²) in [5, 5.41) is 12.4. The van der Waals surface area contributed by atoms with Gasteiger partial charge < -0.3 is 10.1 Å². The highest BCUT2D eigenvalue weighted by molar-refractivity contribution is 6.00. The molecule has 3 rings (SSSR count). The lowest BCUT2D eigenvalue weighted by Gasteiger charge is -2.14. The van der Waals surface area contributed by atoms with E-state index in [4.69, 9.17) is 4.74 Å². The van der Waals surface area contributed by atoms with Crippen molar-refractivity contribution in [1.29, 1.82) is 0 Å². The van der Waals surface area contributed by atoms with Crippen LogP contribution in [0.1, 0.15) is 18.2 Å². The Balaban J connectivity index is 1.68. The van der Waals surface area contributed by atoms with Gasteiger partial charge in [0.2, 0.25) is 0 Å². The SMILES string of the molecule is CCc1[nH]nc(NC(=O)Nc2cccc(N3CCOC3=O)c2)c1C. The van der Waals surface area contributed by atoms with Crippen molar-refractivity contribution in [3.63, 3.8) is 0 Å². The van der Waals surface area contributed by atoms with E-state index in [1.165, 1.54) is 4.90 Å². The molecule has 1 fully saturated rings. The summed E-state index contributed by atoms with van der Waals surface area (Å²) in [6, 6.07) is 6.64. The van der Waals surface area contributed by atoms with Crippen LogP contribution in [0.4, 0.5) is 26.8 Å². The van der Waals surface area contributed by atoms with Crippen LogP contribution >= 0.6 is 0 Å². The number of nitrogens with one attached hydrogen (secondary N) is 3. The van der Waals surface area contributed by atoms with E-state index < -0.39 is 6.03 Å². The van der Waals surface area contributed by atoms with Gasteiger partial charge in [-0.1, -0.05) is 13.0 Å². The predicted molar refractivity (Wildman–Crippen MR) is 90.5 cm³/mol. The van der Waals surface area contributed by atoms with Crippen molar-refractivity contribution in [2.24, 2.45) is 0 Å². The first kappa shape index (κ1) is 15.9. The molecule has 0 radical (unpaired) electrons. The lowest BCUT2D eigenvalue weighted by atomic mass is 10.2. The molecule has 2 aromatic rings. The fraction of sp³-hybridized carbons (Fsp3) is 0.312. The number of urea groups is 1. The number of carbonyl (C=O) groups is 2. The number of carbonyl (C=O) groups excluding carboxylic acids is 2. The summed E-state index contributed by atoms with van der Waals surface area (Å²) in [6.45, 7) is 4.78. The van der Waals surface area contributed by atoms with Gasteiger partial charge in [0.15, 0.2) is 5.82 Å².